The molecule has 0 spiro atoms. The quantitative estimate of drug-likeness (QED) is 0.863. The van der Waals surface area contributed by atoms with Gasteiger partial charge < -0.3 is 4.74 Å². The van der Waals surface area contributed by atoms with Crippen molar-refractivity contribution in [2.24, 2.45) is 0 Å². The number of rotatable bonds is 5. The summed E-state index contributed by atoms with van der Waals surface area (Å²) in [4.78, 5) is -0.288. The first-order valence-corrected chi connectivity index (χ1v) is 8.52. The molecule has 0 radical (unpaired) electrons. The molecule has 0 aromatic heterocycles. The van der Waals surface area contributed by atoms with Gasteiger partial charge in [-0.15, -0.1) is 0 Å². The topological polar surface area (TPSA) is 55.4 Å². The Morgan fingerprint density at radius 3 is 2.18 bits per heavy atom. The minimum Gasteiger partial charge on any atom is -0.433 e. The summed E-state index contributed by atoms with van der Waals surface area (Å²) >= 11 is 6.04. The van der Waals surface area contributed by atoms with Crippen LogP contribution >= 0.6 is 11.6 Å². The molecule has 22 heavy (non-hydrogen) atoms. The Bertz CT molecular complexity index is 640. The number of hydrogen-bond donors (Lipinski definition) is 1. The molecule has 0 saturated heterocycles. The third kappa shape index (κ3) is 4.79. The van der Waals surface area contributed by atoms with Crippen molar-refractivity contribution in [2.45, 2.75) is 57.6 Å². The van der Waals surface area contributed by atoms with Gasteiger partial charge >= 0.3 is 6.61 Å². The van der Waals surface area contributed by atoms with Crippen LogP contribution in [0.2, 0.25) is 5.02 Å². The second-order valence-electron chi connectivity index (χ2n) is 6.18. The first-order chi connectivity index (χ1) is 9.85. The predicted molar refractivity (Wildman–Crippen MR) is 82.2 cm³/mol. The zero-order chi connectivity index (χ0) is 17.3. The molecular formula is C14H20ClF2NO3S. The highest BCUT2D eigenvalue weighted by molar-refractivity contribution is 7.89. The summed E-state index contributed by atoms with van der Waals surface area (Å²) in [6.45, 7) is 5.44. The molecule has 0 bridgehead atoms. The fourth-order valence-corrected chi connectivity index (χ4v) is 3.90. The first kappa shape index (κ1) is 19.1. The molecule has 0 aliphatic heterocycles. The lowest BCUT2D eigenvalue weighted by Crippen LogP contribution is -2.40. The number of sulfonamides is 1. The van der Waals surface area contributed by atoms with E-state index in [2.05, 4.69) is 9.46 Å². The Labute approximate surface area is 134 Å². The second-order valence-corrected chi connectivity index (χ2v) is 8.21. The molecule has 0 heterocycles. The molecule has 0 fully saturated rings. The van der Waals surface area contributed by atoms with Crippen LogP contribution in [0, 0.1) is 0 Å². The van der Waals surface area contributed by atoms with Gasteiger partial charge in [0.1, 0.15) is 15.7 Å². The Morgan fingerprint density at radius 1 is 1.23 bits per heavy atom. The fraction of sp³-hybridized carbons (Fsp3) is 0.571. The highest BCUT2D eigenvalue weighted by atomic mass is 35.5. The smallest absolute Gasteiger partial charge is 0.387 e. The summed E-state index contributed by atoms with van der Waals surface area (Å²) in [6, 6.07) is 2.73. The predicted octanol–water partition coefficient (Wildman–Crippen LogP) is 4.14. The SMILES string of the molecule is CC(C)c1ccc(S(=O)(=O)NC(C)(C)C)c(Cl)c1OC(F)F. The van der Waals surface area contributed by atoms with E-state index in [1.54, 1.807) is 34.6 Å². The molecule has 0 saturated carbocycles. The summed E-state index contributed by atoms with van der Waals surface area (Å²) in [5.41, 5.74) is -0.317. The average molecular weight is 356 g/mol. The summed E-state index contributed by atoms with van der Waals surface area (Å²) in [6.07, 6.45) is 0. The van der Waals surface area contributed by atoms with Crippen molar-refractivity contribution in [2.75, 3.05) is 0 Å². The van der Waals surface area contributed by atoms with Crippen molar-refractivity contribution in [3.63, 3.8) is 0 Å². The average Bonchev–Trinajstić information content (AvgIpc) is 2.26. The van der Waals surface area contributed by atoms with Gasteiger partial charge in [0.25, 0.3) is 0 Å². The molecule has 126 valence electrons. The van der Waals surface area contributed by atoms with E-state index in [9.17, 15) is 17.2 Å². The van der Waals surface area contributed by atoms with Crippen molar-refractivity contribution < 1.29 is 21.9 Å². The summed E-state index contributed by atoms with van der Waals surface area (Å²) in [5, 5.41) is -0.344. The fourth-order valence-electron chi connectivity index (χ4n) is 1.88. The number of alkyl halides is 2. The lowest BCUT2D eigenvalue weighted by molar-refractivity contribution is -0.0506. The minimum atomic E-state index is -3.96. The van der Waals surface area contributed by atoms with Crippen molar-refractivity contribution >= 4 is 21.6 Å². The zero-order valence-electron chi connectivity index (χ0n) is 13.1. The van der Waals surface area contributed by atoms with Crippen molar-refractivity contribution in [1.29, 1.82) is 0 Å². The largest absolute Gasteiger partial charge is 0.433 e. The maximum absolute atomic E-state index is 12.6. The summed E-state index contributed by atoms with van der Waals surface area (Å²) in [7, 11) is -3.96. The van der Waals surface area contributed by atoms with E-state index < -0.39 is 22.2 Å². The minimum absolute atomic E-state index is 0.154. The van der Waals surface area contributed by atoms with Crippen LogP contribution in [-0.4, -0.2) is 20.6 Å². The maximum Gasteiger partial charge on any atom is 0.387 e. The molecule has 0 aliphatic rings. The zero-order valence-corrected chi connectivity index (χ0v) is 14.6. The normalized spacial score (nSPS) is 13.0. The van der Waals surface area contributed by atoms with Gasteiger partial charge in [0.05, 0.1) is 0 Å². The van der Waals surface area contributed by atoms with Crippen LogP contribution in [0.1, 0.15) is 46.1 Å². The van der Waals surface area contributed by atoms with Gasteiger partial charge in [-0.3, -0.25) is 0 Å². The number of hydrogen-bond acceptors (Lipinski definition) is 3. The maximum atomic E-state index is 12.6. The van der Waals surface area contributed by atoms with Crippen LogP contribution in [0.25, 0.3) is 0 Å². The van der Waals surface area contributed by atoms with E-state index in [0.717, 1.165) is 0 Å². The molecule has 1 aromatic carbocycles. The van der Waals surface area contributed by atoms with Crippen LogP contribution in [0.4, 0.5) is 8.78 Å². The van der Waals surface area contributed by atoms with Gasteiger partial charge in [0.2, 0.25) is 10.0 Å². The Morgan fingerprint density at radius 2 is 1.77 bits per heavy atom. The van der Waals surface area contributed by atoms with Gasteiger partial charge in [0, 0.05) is 5.54 Å². The van der Waals surface area contributed by atoms with E-state index in [1.807, 2.05) is 0 Å². The van der Waals surface area contributed by atoms with Crippen molar-refractivity contribution in [3.05, 3.63) is 22.7 Å². The van der Waals surface area contributed by atoms with Crippen LogP contribution in [0.5, 0.6) is 5.75 Å². The summed E-state index contributed by atoms with van der Waals surface area (Å²) in [5.74, 6) is -0.456. The molecule has 8 heteroatoms. The van der Waals surface area contributed by atoms with E-state index in [4.69, 9.17) is 11.6 Å². The lowest BCUT2D eigenvalue weighted by atomic mass is 10.0. The van der Waals surface area contributed by atoms with E-state index in [0.29, 0.717) is 5.56 Å². The molecule has 0 amide bonds. The molecule has 0 aliphatic carbocycles. The third-order valence-corrected chi connectivity index (χ3v) is 4.94. The number of halogens is 3. The highest BCUT2D eigenvalue weighted by Crippen LogP contribution is 2.39. The monoisotopic (exact) mass is 355 g/mol. The van der Waals surface area contributed by atoms with Crippen LogP contribution in [-0.2, 0) is 10.0 Å². The van der Waals surface area contributed by atoms with Crippen LogP contribution in [0.3, 0.4) is 0 Å². The van der Waals surface area contributed by atoms with Crippen molar-refractivity contribution in [1.82, 2.24) is 4.72 Å². The third-order valence-electron chi connectivity index (χ3n) is 2.65. The van der Waals surface area contributed by atoms with E-state index in [-0.39, 0.29) is 21.6 Å². The Balaban J connectivity index is 3.46. The van der Waals surface area contributed by atoms with Crippen molar-refractivity contribution in [3.8, 4) is 5.75 Å². The van der Waals surface area contributed by atoms with Gasteiger partial charge in [-0.1, -0.05) is 31.5 Å². The highest BCUT2D eigenvalue weighted by Gasteiger charge is 2.28. The molecule has 0 atom stereocenters. The Kier molecular flexibility index (Phi) is 5.81. The van der Waals surface area contributed by atoms with Crippen LogP contribution < -0.4 is 9.46 Å². The summed E-state index contributed by atoms with van der Waals surface area (Å²) < 4.78 is 56.8. The number of nitrogens with one attached hydrogen (secondary N) is 1. The van der Waals surface area contributed by atoms with E-state index >= 15 is 0 Å². The molecule has 1 aromatic rings. The van der Waals surface area contributed by atoms with E-state index in [1.165, 1.54) is 12.1 Å². The van der Waals surface area contributed by atoms with Gasteiger partial charge in [-0.25, -0.2) is 13.1 Å². The molecule has 4 nitrogen and oxygen atoms in total. The molecule has 1 N–H and O–H groups in total. The second kappa shape index (κ2) is 6.68. The van der Waals surface area contributed by atoms with Crippen LogP contribution in [0.15, 0.2) is 17.0 Å². The van der Waals surface area contributed by atoms with Gasteiger partial charge in [0.15, 0.2) is 0 Å². The lowest BCUT2D eigenvalue weighted by Gasteiger charge is -2.22. The van der Waals surface area contributed by atoms with Gasteiger partial charge in [-0.05, 0) is 38.3 Å². The standard InChI is InChI=1S/C14H20ClF2NO3S/c1-8(2)9-6-7-10(11(15)12(9)21-13(16)17)22(19,20)18-14(3,4)5/h6-8,13,18H,1-5H3. The van der Waals surface area contributed by atoms with Gasteiger partial charge in [-0.2, -0.15) is 8.78 Å². The number of ether oxygens (including phenoxy) is 1. The number of benzene rings is 1. The first-order valence-electron chi connectivity index (χ1n) is 6.66. The molecule has 1 rings (SSSR count). The Hall–Kier alpha value is -0.920. The molecular weight excluding hydrogens is 336 g/mol. The molecule has 0 unspecified atom stereocenters.